The van der Waals surface area contributed by atoms with Gasteiger partial charge in [-0.1, -0.05) is 17.7 Å². The van der Waals surface area contributed by atoms with E-state index in [1.165, 1.54) is 6.21 Å². The molecule has 1 atom stereocenters. The van der Waals surface area contributed by atoms with Crippen LogP contribution in [0.1, 0.15) is 38.3 Å². The fourth-order valence-corrected chi connectivity index (χ4v) is 4.00. The maximum atomic E-state index is 12.2. The predicted molar refractivity (Wildman–Crippen MR) is 116 cm³/mol. The van der Waals surface area contributed by atoms with Gasteiger partial charge in [-0.15, -0.1) is 0 Å². The normalized spacial score (nSPS) is 15.2. The van der Waals surface area contributed by atoms with Gasteiger partial charge in [0.1, 0.15) is 5.60 Å². The Morgan fingerprint density at radius 2 is 2.20 bits per heavy atom. The number of anilines is 1. The van der Waals surface area contributed by atoms with Gasteiger partial charge in [0, 0.05) is 42.0 Å². The average Bonchev–Trinajstić information content (AvgIpc) is 2.55. The molecular formula is C17H22ClIN3O2P. The molecule has 1 aliphatic rings. The number of hydrogen-bond donors (Lipinski definition) is 2. The number of halogens is 2. The molecule has 0 bridgehead atoms. The van der Waals surface area contributed by atoms with Crippen molar-refractivity contribution in [3.8, 4) is 0 Å². The van der Waals surface area contributed by atoms with Gasteiger partial charge in [0.25, 0.3) is 0 Å². The Hall–Kier alpha value is -0.850. The Balaban J connectivity index is 2.19. The molecule has 0 fully saturated rings. The summed E-state index contributed by atoms with van der Waals surface area (Å²) in [5, 5.41) is 11.4. The van der Waals surface area contributed by atoms with Gasteiger partial charge in [-0.05, 0) is 72.5 Å². The zero-order valence-electron chi connectivity index (χ0n) is 14.5. The molecule has 1 unspecified atom stereocenters. The van der Waals surface area contributed by atoms with Crippen molar-refractivity contribution in [2.75, 3.05) is 18.2 Å². The van der Waals surface area contributed by atoms with Gasteiger partial charge in [0.15, 0.2) is 0 Å². The quantitative estimate of drug-likeness (QED) is 0.320. The number of ether oxygens (including phenoxy) is 1. The van der Waals surface area contributed by atoms with Crippen LogP contribution in [0.5, 0.6) is 0 Å². The number of carbonyl (C=O) groups is 1. The molecule has 1 aliphatic heterocycles. The van der Waals surface area contributed by atoms with Crippen LogP contribution in [0.25, 0.3) is 5.57 Å². The summed E-state index contributed by atoms with van der Waals surface area (Å²) in [7, 11) is 0. The van der Waals surface area contributed by atoms with Gasteiger partial charge in [-0.2, -0.15) is 0 Å². The Morgan fingerprint density at radius 3 is 2.72 bits per heavy atom. The lowest BCUT2D eigenvalue weighted by molar-refractivity contribution is 0.0270. The number of nitrogens with zero attached hydrogens (tertiary/aromatic N) is 1. The van der Waals surface area contributed by atoms with Crippen molar-refractivity contribution in [2.24, 2.45) is 0 Å². The molecule has 136 valence electrons. The monoisotopic (exact) mass is 493 g/mol. The van der Waals surface area contributed by atoms with E-state index in [4.69, 9.17) is 21.7 Å². The largest absolute Gasteiger partial charge is 0.444 e. The van der Waals surface area contributed by atoms with Crippen molar-refractivity contribution in [3.05, 3.63) is 34.4 Å². The van der Waals surface area contributed by atoms with E-state index in [9.17, 15) is 4.79 Å². The standard InChI is InChI=1S/C17H22ClIN3O2P/c1-17(2,3)24-16(23)22-6-4-11(5-7-22)13-9-15(21-25-19)12(10-20)8-14(13)18/h4,8-10,20-21,25H,5-7H2,1-3H3. The third-order valence-corrected chi connectivity index (χ3v) is 5.17. The van der Waals surface area contributed by atoms with Crippen LogP contribution < -0.4 is 5.09 Å². The summed E-state index contributed by atoms with van der Waals surface area (Å²) in [4.78, 5) is 13.9. The van der Waals surface area contributed by atoms with Gasteiger partial charge in [0.2, 0.25) is 0 Å². The van der Waals surface area contributed by atoms with E-state index in [0.29, 0.717) is 24.5 Å². The van der Waals surface area contributed by atoms with E-state index in [1.807, 2.05) is 39.0 Å². The molecule has 0 saturated carbocycles. The fourth-order valence-electron chi connectivity index (χ4n) is 2.52. The van der Waals surface area contributed by atoms with Crippen molar-refractivity contribution in [2.45, 2.75) is 32.8 Å². The number of benzene rings is 1. The van der Waals surface area contributed by atoms with Crippen molar-refractivity contribution >= 4 is 63.6 Å². The van der Waals surface area contributed by atoms with Crippen molar-refractivity contribution in [1.82, 2.24) is 4.90 Å². The summed E-state index contributed by atoms with van der Waals surface area (Å²) in [6, 6.07) is 3.80. The van der Waals surface area contributed by atoms with Crippen molar-refractivity contribution in [3.63, 3.8) is 0 Å². The Labute approximate surface area is 168 Å². The summed E-state index contributed by atoms with van der Waals surface area (Å²) in [6.07, 6.45) is 4.26. The number of amides is 1. The molecule has 2 N–H and O–H groups in total. The average molecular weight is 494 g/mol. The Kier molecular flexibility index (Phi) is 7.11. The molecule has 0 aliphatic carbocycles. The van der Waals surface area contributed by atoms with Crippen LogP contribution in [0.15, 0.2) is 18.2 Å². The minimum absolute atomic E-state index is 0.290. The van der Waals surface area contributed by atoms with Crippen LogP contribution in [-0.2, 0) is 4.74 Å². The molecular weight excluding hydrogens is 472 g/mol. The molecule has 0 aromatic heterocycles. The van der Waals surface area contributed by atoms with Crippen molar-refractivity contribution in [1.29, 1.82) is 5.41 Å². The highest BCUT2D eigenvalue weighted by molar-refractivity contribution is 14.2. The van der Waals surface area contributed by atoms with Gasteiger partial charge >= 0.3 is 6.09 Å². The molecule has 1 aromatic carbocycles. The minimum atomic E-state index is -0.492. The molecule has 8 heteroatoms. The van der Waals surface area contributed by atoms with Crippen molar-refractivity contribution < 1.29 is 9.53 Å². The fraction of sp³-hybridized carbons (Fsp3) is 0.412. The molecule has 1 amide bonds. The third kappa shape index (κ3) is 5.56. The van der Waals surface area contributed by atoms with E-state index >= 15 is 0 Å². The molecule has 5 nitrogen and oxygen atoms in total. The summed E-state index contributed by atoms with van der Waals surface area (Å²) in [5.41, 5.74) is 3.24. The number of carbonyl (C=O) groups excluding carboxylic acids is 1. The van der Waals surface area contributed by atoms with Crippen LogP contribution >= 0.6 is 40.0 Å². The van der Waals surface area contributed by atoms with Crippen LogP contribution in [0.2, 0.25) is 5.02 Å². The molecule has 0 spiro atoms. The molecule has 0 saturated heterocycles. The first-order valence-electron chi connectivity index (χ1n) is 7.88. The Morgan fingerprint density at radius 1 is 1.48 bits per heavy atom. The summed E-state index contributed by atoms with van der Waals surface area (Å²) >= 11 is 8.68. The molecule has 25 heavy (non-hydrogen) atoms. The molecule has 0 radical (unpaired) electrons. The van der Waals surface area contributed by atoms with Crippen LogP contribution in [0, 0.1) is 5.41 Å². The van der Waals surface area contributed by atoms with Gasteiger partial charge in [-0.3, -0.25) is 0 Å². The first kappa shape index (κ1) is 20.5. The zero-order valence-corrected chi connectivity index (χ0v) is 18.4. The van der Waals surface area contributed by atoms with Gasteiger partial charge in [0.05, 0.1) is 0 Å². The van der Waals surface area contributed by atoms with Crippen LogP contribution in [0.4, 0.5) is 10.5 Å². The molecule has 2 rings (SSSR count). The summed E-state index contributed by atoms with van der Waals surface area (Å²) in [6.45, 7) is 6.69. The molecule has 1 aromatic rings. The van der Waals surface area contributed by atoms with E-state index in [0.717, 1.165) is 28.8 Å². The van der Waals surface area contributed by atoms with E-state index in [-0.39, 0.29) is 6.09 Å². The third-order valence-electron chi connectivity index (χ3n) is 3.68. The highest BCUT2D eigenvalue weighted by Gasteiger charge is 2.24. The van der Waals surface area contributed by atoms with Crippen LogP contribution in [-0.4, -0.2) is 35.9 Å². The second-order valence-electron chi connectivity index (χ2n) is 6.69. The summed E-state index contributed by atoms with van der Waals surface area (Å²) < 4.78 is 5.42. The topological polar surface area (TPSA) is 65.4 Å². The maximum Gasteiger partial charge on any atom is 0.410 e. The predicted octanol–water partition coefficient (Wildman–Crippen LogP) is 5.72. The number of nitrogens with one attached hydrogen (secondary N) is 2. The van der Waals surface area contributed by atoms with Gasteiger partial charge < -0.3 is 20.1 Å². The first-order valence-corrected chi connectivity index (χ1v) is 12.4. The van der Waals surface area contributed by atoms with E-state index in [2.05, 4.69) is 27.1 Å². The summed E-state index contributed by atoms with van der Waals surface area (Å²) in [5.74, 6) is 0. The zero-order chi connectivity index (χ0) is 18.6. The maximum absolute atomic E-state index is 12.2. The lowest BCUT2D eigenvalue weighted by Gasteiger charge is -2.30. The highest BCUT2D eigenvalue weighted by atomic mass is 127. The number of hydrogen-bond acceptors (Lipinski definition) is 4. The van der Waals surface area contributed by atoms with E-state index < -0.39 is 5.60 Å². The first-order chi connectivity index (χ1) is 11.7. The Bertz CT molecular complexity index is 704. The highest BCUT2D eigenvalue weighted by Crippen LogP contribution is 2.35. The lowest BCUT2D eigenvalue weighted by Crippen LogP contribution is -2.39. The smallest absolute Gasteiger partial charge is 0.410 e. The second-order valence-corrected chi connectivity index (χ2v) is 9.15. The lowest BCUT2D eigenvalue weighted by atomic mass is 9.97. The van der Waals surface area contributed by atoms with E-state index in [1.54, 1.807) is 4.90 Å². The second kappa shape index (κ2) is 8.69. The van der Waals surface area contributed by atoms with Crippen LogP contribution in [0.3, 0.4) is 0 Å². The minimum Gasteiger partial charge on any atom is -0.444 e. The molecule has 1 heterocycles. The SMILES string of the molecule is CC(C)(C)OC(=O)N1CC=C(c2cc(NPI)c(C=N)cc2Cl)CC1. The van der Waals surface area contributed by atoms with Gasteiger partial charge in [-0.25, -0.2) is 4.79 Å². The number of rotatable bonds is 4.